The van der Waals surface area contributed by atoms with E-state index in [4.69, 9.17) is 0 Å². The van der Waals surface area contributed by atoms with Gasteiger partial charge in [0, 0.05) is 10.8 Å². The number of rotatable bonds is 3. The third-order valence-corrected chi connectivity index (χ3v) is 5.23. The Hall–Kier alpha value is -1.40. The third-order valence-electron chi connectivity index (χ3n) is 3.12. The molecule has 0 saturated heterocycles. The topological polar surface area (TPSA) is 59.9 Å². The van der Waals surface area contributed by atoms with Gasteiger partial charge in [0.05, 0.1) is 21.1 Å². The smallest absolute Gasteiger partial charge is 0.161 e. The summed E-state index contributed by atoms with van der Waals surface area (Å²) in [6.45, 7) is 12.2. The lowest BCUT2D eigenvalue weighted by molar-refractivity contribution is 0.111. The molecule has 2 heterocycles. The number of nitrogens with zero attached hydrogens (tertiary/aromatic N) is 2. The number of hydrogen-bond donors (Lipinski definition) is 0. The Balaban J connectivity index is 2.58. The highest BCUT2D eigenvalue weighted by atomic mass is 32.1. The van der Waals surface area contributed by atoms with Crippen molar-refractivity contribution in [3.8, 4) is 10.0 Å². The van der Waals surface area contributed by atoms with E-state index in [9.17, 15) is 9.59 Å². The zero-order chi connectivity index (χ0) is 16.7. The summed E-state index contributed by atoms with van der Waals surface area (Å²) in [6, 6.07) is 0. The SMILES string of the molecule is CC(C)(C)c1nc(-c2nc(C(C)(C)C)c(C=O)s2)sc1C=O. The number of thiazole rings is 2. The van der Waals surface area contributed by atoms with Gasteiger partial charge in [0.1, 0.15) is 0 Å². The van der Waals surface area contributed by atoms with Crippen molar-refractivity contribution in [2.75, 3.05) is 0 Å². The monoisotopic (exact) mass is 336 g/mol. The molecule has 0 amide bonds. The van der Waals surface area contributed by atoms with Crippen molar-refractivity contribution in [1.29, 1.82) is 0 Å². The van der Waals surface area contributed by atoms with Gasteiger partial charge in [0.15, 0.2) is 22.6 Å². The Bertz CT molecular complexity index is 653. The van der Waals surface area contributed by atoms with Gasteiger partial charge in [-0.1, -0.05) is 41.5 Å². The summed E-state index contributed by atoms with van der Waals surface area (Å²) in [6.07, 6.45) is 1.70. The van der Waals surface area contributed by atoms with Crippen LogP contribution in [0.4, 0.5) is 0 Å². The van der Waals surface area contributed by atoms with Crippen molar-refractivity contribution >= 4 is 35.2 Å². The molecule has 6 heteroatoms. The van der Waals surface area contributed by atoms with Gasteiger partial charge in [-0.05, 0) is 0 Å². The van der Waals surface area contributed by atoms with E-state index in [-0.39, 0.29) is 10.8 Å². The van der Waals surface area contributed by atoms with E-state index >= 15 is 0 Å². The molecule has 0 aliphatic rings. The van der Waals surface area contributed by atoms with Crippen molar-refractivity contribution in [1.82, 2.24) is 9.97 Å². The minimum atomic E-state index is -0.206. The van der Waals surface area contributed by atoms with E-state index in [2.05, 4.69) is 9.97 Å². The van der Waals surface area contributed by atoms with Crippen LogP contribution in [0.5, 0.6) is 0 Å². The highest BCUT2D eigenvalue weighted by Gasteiger charge is 2.27. The molecule has 0 unspecified atom stereocenters. The van der Waals surface area contributed by atoms with Crippen LogP contribution in [-0.4, -0.2) is 22.5 Å². The zero-order valence-electron chi connectivity index (χ0n) is 13.7. The summed E-state index contributed by atoms with van der Waals surface area (Å²) in [4.78, 5) is 33.1. The molecule has 22 heavy (non-hydrogen) atoms. The first kappa shape index (κ1) is 17.0. The molecular formula is C16H20N2O2S2. The lowest BCUT2D eigenvalue weighted by Crippen LogP contribution is -2.14. The molecule has 2 aromatic rings. The summed E-state index contributed by atoms with van der Waals surface area (Å²) in [5.74, 6) is 0. The minimum Gasteiger partial charge on any atom is -0.297 e. The molecule has 0 aromatic carbocycles. The molecule has 2 aromatic heterocycles. The molecule has 118 valence electrons. The van der Waals surface area contributed by atoms with Crippen molar-refractivity contribution in [3.63, 3.8) is 0 Å². The van der Waals surface area contributed by atoms with E-state index < -0.39 is 0 Å². The van der Waals surface area contributed by atoms with Gasteiger partial charge in [-0.3, -0.25) is 9.59 Å². The van der Waals surface area contributed by atoms with Gasteiger partial charge < -0.3 is 0 Å². The van der Waals surface area contributed by atoms with Gasteiger partial charge in [0.25, 0.3) is 0 Å². The predicted molar refractivity (Wildman–Crippen MR) is 91.4 cm³/mol. The third kappa shape index (κ3) is 3.17. The first-order chi connectivity index (χ1) is 10.1. The Morgan fingerprint density at radius 1 is 0.727 bits per heavy atom. The molecular weight excluding hydrogens is 316 g/mol. The lowest BCUT2D eigenvalue weighted by Gasteiger charge is -2.15. The Kier molecular flexibility index (Phi) is 4.37. The van der Waals surface area contributed by atoms with Crippen LogP contribution in [-0.2, 0) is 10.8 Å². The number of carbonyl (C=O) groups excluding carboxylic acids is 2. The van der Waals surface area contributed by atoms with Crippen LogP contribution in [0.3, 0.4) is 0 Å². The maximum atomic E-state index is 11.3. The molecule has 0 radical (unpaired) electrons. The van der Waals surface area contributed by atoms with Crippen LogP contribution in [0, 0.1) is 0 Å². The molecule has 0 aliphatic heterocycles. The fourth-order valence-electron chi connectivity index (χ4n) is 2.08. The number of carbonyl (C=O) groups is 2. The molecule has 0 atom stereocenters. The molecule has 0 fully saturated rings. The highest BCUT2D eigenvalue weighted by molar-refractivity contribution is 7.23. The van der Waals surface area contributed by atoms with E-state index in [1.165, 1.54) is 22.7 Å². The summed E-state index contributed by atoms with van der Waals surface area (Å²) in [7, 11) is 0. The number of hydrogen-bond acceptors (Lipinski definition) is 6. The first-order valence-corrected chi connectivity index (χ1v) is 8.64. The van der Waals surface area contributed by atoms with Gasteiger partial charge >= 0.3 is 0 Å². The normalized spacial score (nSPS) is 12.5. The van der Waals surface area contributed by atoms with E-state index in [0.717, 1.165) is 24.0 Å². The fraction of sp³-hybridized carbons (Fsp3) is 0.500. The lowest BCUT2D eigenvalue weighted by atomic mass is 9.91. The second-order valence-corrected chi connectivity index (χ2v) is 9.26. The molecule has 0 N–H and O–H groups in total. The standard InChI is InChI=1S/C16H20N2O2S2/c1-15(2,3)11-9(7-19)21-13(17-11)14-18-12(16(4,5)6)10(8-20)22-14/h7-8H,1-6H3. The van der Waals surface area contributed by atoms with Crippen LogP contribution in [0.1, 0.15) is 72.3 Å². The molecule has 0 spiro atoms. The van der Waals surface area contributed by atoms with E-state index in [0.29, 0.717) is 19.8 Å². The average molecular weight is 336 g/mol. The van der Waals surface area contributed by atoms with Crippen molar-refractivity contribution in [2.24, 2.45) is 0 Å². The Morgan fingerprint density at radius 3 is 1.23 bits per heavy atom. The van der Waals surface area contributed by atoms with E-state index in [1.54, 1.807) is 0 Å². The van der Waals surface area contributed by atoms with Crippen LogP contribution >= 0.6 is 22.7 Å². The summed E-state index contributed by atoms with van der Waals surface area (Å²) in [5, 5.41) is 1.41. The quantitative estimate of drug-likeness (QED) is 0.775. The summed E-state index contributed by atoms with van der Waals surface area (Å²) < 4.78 is 0. The van der Waals surface area contributed by atoms with Crippen LogP contribution in [0.2, 0.25) is 0 Å². The zero-order valence-corrected chi connectivity index (χ0v) is 15.3. The van der Waals surface area contributed by atoms with Crippen molar-refractivity contribution in [2.45, 2.75) is 52.4 Å². The molecule has 0 saturated carbocycles. The van der Waals surface area contributed by atoms with Gasteiger partial charge in [-0.15, -0.1) is 22.7 Å². The Morgan fingerprint density at radius 2 is 1.05 bits per heavy atom. The summed E-state index contributed by atoms with van der Waals surface area (Å²) >= 11 is 2.67. The van der Waals surface area contributed by atoms with Crippen LogP contribution in [0.15, 0.2) is 0 Å². The molecule has 0 bridgehead atoms. The minimum absolute atomic E-state index is 0.206. The van der Waals surface area contributed by atoms with Crippen molar-refractivity contribution < 1.29 is 9.59 Å². The van der Waals surface area contributed by atoms with Crippen molar-refractivity contribution in [3.05, 3.63) is 21.1 Å². The first-order valence-electron chi connectivity index (χ1n) is 7.01. The van der Waals surface area contributed by atoms with Gasteiger partial charge in [-0.25, -0.2) is 9.97 Å². The fourth-order valence-corrected chi connectivity index (χ4v) is 4.28. The molecule has 2 rings (SSSR count). The largest absolute Gasteiger partial charge is 0.297 e. The number of aldehydes is 2. The number of aromatic nitrogens is 2. The molecule has 0 aliphatic carbocycles. The second kappa shape index (κ2) is 5.66. The Labute approximate surface area is 138 Å². The van der Waals surface area contributed by atoms with Crippen LogP contribution < -0.4 is 0 Å². The average Bonchev–Trinajstić information content (AvgIpc) is 3.00. The van der Waals surface area contributed by atoms with Gasteiger partial charge in [0.2, 0.25) is 0 Å². The second-order valence-electron chi connectivity index (χ2n) is 7.20. The van der Waals surface area contributed by atoms with Gasteiger partial charge in [-0.2, -0.15) is 0 Å². The maximum absolute atomic E-state index is 11.3. The molecule has 4 nitrogen and oxygen atoms in total. The van der Waals surface area contributed by atoms with Crippen LogP contribution in [0.25, 0.3) is 10.0 Å². The predicted octanol–water partition coefficient (Wildman–Crippen LogP) is 4.49. The van der Waals surface area contributed by atoms with E-state index in [1.807, 2.05) is 41.5 Å². The summed E-state index contributed by atoms with van der Waals surface area (Å²) in [5.41, 5.74) is 1.15. The highest BCUT2D eigenvalue weighted by Crippen LogP contribution is 2.38. The maximum Gasteiger partial charge on any atom is 0.161 e.